The number of morpholine rings is 1. The number of nitrogens with one attached hydrogen (secondary N) is 1. The lowest BCUT2D eigenvalue weighted by Crippen LogP contribution is -2.47. The number of rotatable bonds is 4. The smallest absolute Gasteiger partial charge is 0.244 e. The Kier molecular flexibility index (Phi) is 5.51. The van der Waals surface area contributed by atoms with E-state index in [0.29, 0.717) is 36.9 Å². The second-order valence-corrected chi connectivity index (χ2v) is 7.55. The Morgan fingerprint density at radius 1 is 1.43 bits per heavy atom. The quantitative estimate of drug-likeness (QED) is 0.901. The van der Waals surface area contributed by atoms with Crippen LogP contribution >= 0.6 is 23.2 Å². The Labute approximate surface area is 135 Å². The predicted octanol–water partition coefficient (Wildman–Crippen LogP) is 2.12. The highest BCUT2D eigenvalue weighted by Gasteiger charge is 2.33. The van der Waals surface area contributed by atoms with Crippen molar-refractivity contribution in [2.75, 3.05) is 26.8 Å². The predicted molar refractivity (Wildman–Crippen MR) is 83.4 cm³/mol. The number of nitrogens with zero attached hydrogens (tertiary/aromatic N) is 1. The third-order valence-electron chi connectivity index (χ3n) is 3.40. The number of hydrogen-bond acceptors (Lipinski definition) is 4. The van der Waals surface area contributed by atoms with E-state index in [1.54, 1.807) is 13.1 Å². The van der Waals surface area contributed by atoms with Crippen LogP contribution in [0.1, 0.15) is 12.5 Å². The summed E-state index contributed by atoms with van der Waals surface area (Å²) in [6.07, 6.45) is 0. The third-order valence-corrected chi connectivity index (χ3v) is 6.35. The first-order chi connectivity index (χ1) is 9.89. The van der Waals surface area contributed by atoms with Gasteiger partial charge in [-0.2, -0.15) is 4.31 Å². The minimum absolute atomic E-state index is 0.0903. The molecule has 1 atom stereocenters. The van der Waals surface area contributed by atoms with Gasteiger partial charge in [-0.25, -0.2) is 8.42 Å². The molecule has 0 amide bonds. The Morgan fingerprint density at radius 2 is 2.14 bits per heavy atom. The monoisotopic (exact) mass is 352 g/mol. The Morgan fingerprint density at radius 3 is 2.76 bits per heavy atom. The maximum absolute atomic E-state index is 12.8. The van der Waals surface area contributed by atoms with Crippen LogP contribution in [0.15, 0.2) is 17.0 Å². The summed E-state index contributed by atoms with van der Waals surface area (Å²) in [6, 6.07) is 2.81. The molecule has 1 saturated heterocycles. The first kappa shape index (κ1) is 17.0. The molecule has 1 aliphatic heterocycles. The molecule has 1 aromatic carbocycles. The highest BCUT2D eigenvalue weighted by molar-refractivity contribution is 7.89. The van der Waals surface area contributed by atoms with Gasteiger partial charge in [-0.1, -0.05) is 23.2 Å². The van der Waals surface area contributed by atoms with E-state index in [4.69, 9.17) is 27.9 Å². The lowest BCUT2D eigenvalue weighted by molar-refractivity contribution is 0.0393. The van der Waals surface area contributed by atoms with Crippen molar-refractivity contribution < 1.29 is 13.2 Å². The van der Waals surface area contributed by atoms with Gasteiger partial charge in [-0.05, 0) is 26.1 Å². The van der Waals surface area contributed by atoms with Gasteiger partial charge in [0.25, 0.3) is 0 Å². The van der Waals surface area contributed by atoms with Crippen LogP contribution in [0.25, 0.3) is 0 Å². The molecule has 21 heavy (non-hydrogen) atoms. The maximum Gasteiger partial charge on any atom is 0.244 e. The fourth-order valence-corrected chi connectivity index (χ4v) is 4.80. The van der Waals surface area contributed by atoms with E-state index in [1.807, 2.05) is 6.92 Å². The van der Waals surface area contributed by atoms with E-state index >= 15 is 0 Å². The standard InChI is InChI=1S/C13H18Cl2N2O3S/c1-9-8-20-6-5-17(9)21(18,19)12-4-3-11(14)10(7-16-2)13(12)15/h3-4,9,16H,5-8H2,1-2H3. The van der Waals surface area contributed by atoms with Gasteiger partial charge in [0.2, 0.25) is 10.0 Å². The normalized spacial score (nSPS) is 20.7. The van der Waals surface area contributed by atoms with Gasteiger partial charge in [-0.15, -0.1) is 0 Å². The van der Waals surface area contributed by atoms with Crippen LogP contribution < -0.4 is 5.32 Å². The molecule has 0 aliphatic carbocycles. The first-order valence-electron chi connectivity index (χ1n) is 6.60. The van der Waals surface area contributed by atoms with E-state index in [1.165, 1.54) is 10.4 Å². The average Bonchev–Trinajstić information content (AvgIpc) is 2.43. The van der Waals surface area contributed by atoms with Crippen LogP contribution in [0.4, 0.5) is 0 Å². The van der Waals surface area contributed by atoms with Gasteiger partial charge in [0.15, 0.2) is 0 Å². The molecule has 1 fully saturated rings. The molecular formula is C13H18Cl2N2O3S. The highest BCUT2D eigenvalue weighted by atomic mass is 35.5. The van der Waals surface area contributed by atoms with E-state index in [-0.39, 0.29) is 16.0 Å². The molecule has 8 heteroatoms. The summed E-state index contributed by atoms with van der Waals surface area (Å²) >= 11 is 12.4. The minimum atomic E-state index is -3.66. The van der Waals surface area contributed by atoms with Crippen molar-refractivity contribution in [3.63, 3.8) is 0 Å². The number of sulfonamides is 1. The van der Waals surface area contributed by atoms with Crippen molar-refractivity contribution in [3.05, 3.63) is 27.7 Å². The zero-order valence-electron chi connectivity index (χ0n) is 11.9. The number of ether oxygens (including phenoxy) is 1. The average molecular weight is 353 g/mol. The Bertz CT molecular complexity index is 622. The van der Waals surface area contributed by atoms with Crippen LogP contribution in [0.3, 0.4) is 0 Å². The summed E-state index contributed by atoms with van der Waals surface area (Å²) < 4.78 is 32.3. The summed E-state index contributed by atoms with van der Waals surface area (Å²) in [7, 11) is -1.92. The molecular weight excluding hydrogens is 335 g/mol. The van der Waals surface area contributed by atoms with Crippen molar-refractivity contribution in [2.45, 2.75) is 24.4 Å². The van der Waals surface area contributed by atoms with Crippen molar-refractivity contribution in [1.82, 2.24) is 9.62 Å². The van der Waals surface area contributed by atoms with Crippen LogP contribution in [-0.4, -0.2) is 45.6 Å². The molecule has 2 rings (SSSR count). The molecule has 1 N–H and O–H groups in total. The fourth-order valence-electron chi connectivity index (χ4n) is 2.31. The van der Waals surface area contributed by atoms with Crippen LogP contribution in [0.5, 0.6) is 0 Å². The van der Waals surface area contributed by atoms with E-state index in [2.05, 4.69) is 5.32 Å². The third kappa shape index (κ3) is 3.36. The Balaban J connectivity index is 2.47. The molecule has 0 bridgehead atoms. The molecule has 0 spiro atoms. The molecule has 1 heterocycles. The van der Waals surface area contributed by atoms with Gasteiger partial charge in [0.05, 0.1) is 18.2 Å². The Hall–Kier alpha value is -0.370. The lowest BCUT2D eigenvalue weighted by atomic mass is 10.2. The van der Waals surface area contributed by atoms with Gasteiger partial charge in [0.1, 0.15) is 4.90 Å². The van der Waals surface area contributed by atoms with Crippen LogP contribution in [0.2, 0.25) is 10.0 Å². The minimum Gasteiger partial charge on any atom is -0.378 e. The van der Waals surface area contributed by atoms with Crippen molar-refractivity contribution in [3.8, 4) is 0 Å². The lowest BCUT2D eigenvalue weighted by Gasteiger charge is -2.32. The highest BCUT2D eigenvalue weighted by Crippen LogP contribution is 2.33. The molecule has 1 aliphatic rings. The summed E-state index contributed by atoms with van der Waals surface area (Å²) in [5.41, 5.74) is 0.586. The topological polar surface area (TPSA) is 58.6 Å². The number of benzene rings is 1. The summed E-state index contributed by atoms with van der Waals surface area (Å²) in [4.78, 5) is 0.0903. The molecule has 0 saturated carbocycles. The molecule has 1 unspecified atom stereocenters. The van der Waals surface area contributed by atoms with Crippen LogP contribution in [-0.2, 0) is 21.3 Å². The van der Waals surface area contributed by atoms with Gasteiger partial charge < -0.3 is 10.1 Å². The second kappa shape index (κ2) is 6.81. The first-order valence-corrected chi connectivity index (χ1v) is 8.80. The molecule has 5 nitrogen and oxygen atoms in total. The molecule has 0 aromatic heterocycles. The largest absolute Gasteiger partial charge is 0.378 e. The number of halogens is 2. The second-order valence-electron chi connectivity index (χ2n) is 4.91. The SMILES string of the molecule is CNCc1c(Cl)ccc(S(=O)(=O)N2CCOCC2C)c1Cl. The van der Waals surface area contributed by atoms with Crippen molar-refractivity contribution in [1.29, 1.82) is 0 Å². The van der Waals surface area contributed by atoms with E-state index in [0.717, 1.165) is 0 Å². The van der Waals surface area contributed by atoms with Gasteiger partial charge in [-0.3, -0.25) is 0 Å². The molecule has 118 valence electrons. The van der Waals surface area contributed by atoms with E-state index in [9.17, 15) is 8.42 Å². The van der Waals surface area contributed by atoms with E-state index < -0.39 is 10.0 Å². The van der Waals surface area contributed by atoms with Gasteiger partial charge >= 0.3 is 0 Å². The summed E-state index contributed by atoms with van der Waals surface area (Å²) in [5.74, 6) is 0. The van der Waals surface area contributed by atoms with Crippen molar-refractivity contribution in [2.24, 2.45) is 0 Å². The molecule has 1 aromatic rings. The van der Waals surface area contributed by atoms with Crippen LogP contribution in [0, 0.1) is 0 Å². The zero-order valence-corrected chi connectivity index (χ0v) is 14.2. The maximum atomic E-state index is 12.8. The summed E-state index contributed by atoms with van der Waals surface area (Å²) in [5, 5.41) is 3.56. The molecule has 0 radical (unpaired) electrons. The fraction of sp³-hybridized carbons (Fsp3) is 0.538. The number of hydrogen-bond donors (Lipinski definition) is 1. The van der Waals surface area contributed by atoms with Gasteiger partial charge in [0, 0.05) is 29.7 Å². The van der Waals surface area contributed by atoms with Crippen molar-refractivity contribution >= 4 is 33.2 Å². The summed E-state index contributed by atoms with van der Waals surface area (Å²) in [6.45, 7) is 3.31. The zero-order chi connectivity index (χ0) is 15.6.